The van der Waals surface area contributed by atoms with Crippen LogP contribution in [0, 0.1) is 13.8 Å². The van der Waals surface area contributed by atoms with Gasteiger partial charge in [-0.15, -0.1) is 0 Å². The van der Waals surface area contributed by atoms with Gasteiger partial charge in [0.2, 0.25) is 0 Å². The zero-order valence-corrected chi connectivity index (χ0v) is 8.40. The molecule has 1 aromatic carbocycles. The van der Waals surface area contributed by atoms with E-state index in [-0.39, 0.29) is 0 Å². The number of aryl methyl sites for hydroxylation is 2. The van der Waals surface area contributed by atoms with Crippen molar-refractivity contribution < 1.29 is 4.74 Å². The molecule has 0 aliphatic carbocycles. The molecule has 0 fully saturated rings. The lowest BCUT2D eigenvalue weighted by Gasteiger charge is -2.07. The van der Waals surface area contributed by atoms with Crippen LogP contribution in [-0.2, 0) is 0 Å². The van der Waals surface area contributed by atoms with Crippen molar-refractivity contribution in [3.63, 3.8) is 0 Å². The van der Waals surface area contributed by atoms with Gasteiger partial charge in [0, 0.05) is 5.02 Å². The highest BCUT2D eigenvalue weighted by molar-refractivity contribution is 6.32. The maximum absolute atomic E-state index is 5.99. The first-order chi connectivity index (χ1) is 5.65. The molecule has 0 radical (unpaired) electrons. The van der Waals surface area contributed by atoms with Gasteiger partial charge in [-0.2, -0.15) is 0 Å². The van der Waals surface area contributed by atoms with E-state index in [2.05, 4.69) is 0 Å². The number of hydrogen-bond acceptors (Lipinski definition) is 1. The van der Waals surface area contributed by atoms with Gasteiger partial charge in [-0.05, 0) is 44.0 Å². The SMILES string of the molecule is CCOc1cc(C)c(Cl)c(C)c1. The molecule has 1 aromatic rings. The van der Waals surface area contributed by atoms with Crippen molar-refractivity contribution in [2.75, 3.05) is 6.61 Å². The Hall–Kier alpha value is -0.690. The van der Waals surface area contributed by atoms with Crippen LogP contribution in [0.3, 0.4) is 0 Å². The van der Waals surface area contributed by atoms with E-state index in [1.807, 2.05) is 32.9 Å². The normalized spacial score (nSPS) is 10.0. The molecule has 0 aliphatic heterocycles. The molecule has 0 saturated carbocycles. The minimum absolute atomic E-state index is 0.695. The second-order valence-corrected chi connectivity index (χ2v) is 3.18. The monoisotopic (exact) mass is 184 g/mol. The molecule has 12 heavy (non-hydrogen) atoms. The van der Waals surface area contributed by atoms with Gasteiger partial charge < -0.3 is 4.74 Å². The number of ether oxygens (including phenoxy) is 1. The van der Waals surface area contributed by atoms with Crippen LogP contribution in [0.1, 0.15) is 18.1 Å². The van der Waals surface area contributed by atoms with E-state index < -0.39 is 0 Å². The van der Waals surface area contributed by atoms with E-state index in [4.69, 9.17) is 16.3 Å². The lowest BCUT2D eigenvalue weighted by Crippen LogP contribution is -1.93. The molecule has 66 valence electrons. The summed E-state index contributed by atoms with van der Waals surface area (Å²) in [5, 5.41) is 0.832. The van der Waals surface area contributed by atoms with Gasteiger partial charge in [0.05, 0.1) is 6.61 Å². The van der Waals surface area contributed by atoms with Gasteiger partial charge >= 0.3 is 0 Å². The Kier molecular flexibility index (Phi) is 2.99. The molecule has 0 atom stereocenters. The highest BCUT2D eigenvalue weighted by Crippen LogP contribution is 2.25. The molecule has 0 unspecified atom stereocenters. The number of halogens is 1. The summed E-state index contributed by atoms with van der Waals surface area (Å²) >= 11 is 5.99. The summed E-state index contributed by atoms with van der Waals surface area (Å²) in [7, 11) is 0. The summed E-state index contributed by atoms with van der Waals surface area (Å²) < 4.78 is 5.36. The van der Waals surface area contributed by atoms with Crippen LogP contribution in [-0.4, -0.2) is 6.61 Å². The average molecular weight is 185 g/mol. The summed E-state index contributed by atoms with van der Waals surface area (Å²) in [6, 6.07) is 3.91. The van der Waals surface area contributed by atoms with Gasteiger partial charge in [-0.25, -0.2) is 0 Å². The molecule has 0 aliphatic rings. The maximum atomic E-state index is 5.99. The molecular weight excluding hydrogens is 172 g/mol. The lowest BCUT2D eigenvalue weighted by atomic mass is 10.1. The van der Waals surface area contributed by atoms with Crippen molar-refractivity contribution in [3.05, 3.63) is 28.3 Å². The summed E-state index contributed by atoms with van der Waals surface area (Å²) in [4.78, 5) is 0. The highest BCUT2D eigenvalue weighted by Gasteiger charge is 2.02. The first kappa shape index (κ1) is 9.40. The number of benzene rings is 1. The Labute approximate surface area is 78.3 Å². The zero-order chi connectivity index (χ0) is 9.14. The lowest BCUT2D eigenvalue weighted by molar-refractivity contribution is 0.340. The van der Waals surface area contributed by atoms with Crippen molar-refractivity contribution in [3.8, 4) is 5.75 Å². The van der Waals surface area contributed by atoms with Crippen molar-refractivity contribution >= 4 is 11.6 Å². The third-order valence-electron chi connectivity index (χ3n) is 1.72. The van der Waals surface area contributed by atoms with E-state index in [9.17, 15) is 0 Å². The minimum atomic E-state index is 0.695. The second-order valence-electron chi connectivity index (χ2n) is 2.80. The van der Waals surface area contributed by atoms with Gasteiger partial charge in [0.1, 0.15) is 5.75 Å². The van der Waals surface area contributed by atoms with E-state index in [0.717, 1.165) is 21.9 Å². The third kappa shape index (κ3) is 1.92. The topological polar surface area (TPSA) is 9.23 Å². The van der Waals surface area contributed by atoms with Crippen LogP contribution >= 0.6 is 11.6 Å². The number of hydrogen-bond donors (Lipinski definition) is 0. The van der Waals surface area contributed by atoms with Crippen LogP contribution in [0.2, 0.25) is 5.02 Å². The molecule has 0 aromatic heterocycles. The van der Waals surface area contributed by atoms with Gasteiger partial charge in [0.25, 0.3) is 0 Å². The maximum Gasteiger partial charge on any atom is 0.119 e. The Morgan fingerprint density at radius 3 is 2.17 bits per heavy atom. The van der Waals surface area contributed by atoms with E-state index >= 15 is 0 Å². The first-order valence-corrected chi connectivity index (χ1v) is 4.42. The molecular formula is C10H13ClO. The first-order valence-electron chi connectivity index (χ1n) is 4.04. The van der Waals surface area contributed by atoms with Gasteiger partial charge in [0.15, 0.2) is 0 Å². The molecule has 1 rings (SSSR count). The fourth-order valence-electron chi connectivity index (χ4n) is 1.16. The van der Waals surface area contributed by atoms with Crippen molar-refractivity contribution in [2.24, 2.45) is 0 Å². The van der Waals surface area contributed by atoms with Crippen molar-refractivity contribution in [2.45, 2.75) is 20.8 Å². The van der Waals surface area contributed by atoms with Crippen molar-refractivity contribution in [1.82, 2.24) is 0 Å². The molecule has 0 N–H and O–H groups in total. The fraction of sp³-hybridized carbons (Fsp3) is 0.400. The van der Waals surface area contributed by atoms with Gasteiger partial charge in [-0.3, -0.25) is 0 Å². The quantitative estimate of drug-likeness (QED) is 0.685. The average Bonchev–Trinajstić information content (AvgIpc) is 2.01. The third-order valence-corrected chi connectivity index (χ3v) is 2.32. The summed E-state index contributed by atoms with van der Waals surface area (Å²) in [5.41, 5.74) is 2.14. The van der Waals surface area contributed by atoms with Crippen LogP contribution in [0.5, 0.6) is 5.75 Å². The standard InChI is InChI=1S/C10H13ClO/c1-4-12-9-5-7(2)10(11)8(3)6-9/h5-6H,4H2,1-3H3. The van der Waals surface area contributed by atoms with Crippen LogP contribution in [0.4, 0.5) is 0 Å². The van der Waals surface area contributed by atoms with Crippen LogP contribution in [0.15, 0.2) is 12.1 Å². The molecule has 0 spiro atoms. The summed E-state index contributed by atoms with van der Waals surface area (Å²) in [6.45, 7) is 6.63. The predicted octanol–water partition coefficient (Wildman–Crippen LogP) is 3.36. The second kappa shape index (κ2) is 3.81. The molecule has 2 heteroatoms. The molecule has 1 nitrogen and oxygen atoms in total. The Balaban J connectivity index is 3.04. The van der Waals surface area contributed by atoms with E-state index in [0.29, 0.717) is 6.61 Å². The zero-order valence-electron chi connectivity index (χ0n) is 7.65. The van der Waals surface area contributed by atoms with Gasteiger partial charge in [-0.1, -0.05) is 11.6 Å². The van der Waals surface area contributed by atoms with Crippen molar-refractivity contribution in [1.29, 1.82) is 0 Å². The summed E-state index contributed by atoms with van der Waals surface area (Å²) in [5.74, 6) is 0.900. The predicted molar refractivity (Wildman–Crippen MR) is 52.1 cm³/mol. The highest BCUT2D eigenvalue weighted by atomic mass is 35.5. The molecule has 0 saturated heterocycles. The van der Waals surface area contributed by atoms with E-state index in [1.54, 1.807) is 0 Å². The van der Waals surface area contributed by atoms with E-state index in [1.165, 1.54) is 0 Å². The largest absolute Gasteiger partial charge is 0.494 e. The fourth-order valence-corrected chi connectivity index (χ4v) is 1.27. The Morgan fingerprint density at radius 1 is 1.25 bits per heavy atom. The summed E-state index contributed by atoms with van der Waals surface area (Å²) in [6.07, 6.45) is 0. The van der Waals surface area contributed by atoms with Crippen LogP contribution in [0.25, 0.3) is 0 Å². The molecule has 0 amide bonds. The minimum Gasteiger partial charge on any atom is -0.494 e. The Bertz CT molecular complexity index is 258. The van der Waals surface area contributed by atoms with Crippen LogP contribution < -0.4 is 4.74 Å². The number of rotatable bonds is 2. The smallest absolute Gasteiger partial charge is 0.119 e. The molecule has 0 heterocycles. The Morgan fingerprint density at radius 2 is 1.75 bits per heavy atom. The molecule has 0 bridgehead atoms.